The summed E-state index contributed by atoms with van der Waals surface area (Å²) in [5.41, 5.74) is 2.89. The van der Waals surface area contributed by atoms with Gasteiger partial charge in [-0.1, -0.05) is 29.8 Å². The Morgan fingerprint density at radius 2 is 1.57 bits per heavy atom. The van der Waals surface area contributed by atoms with Crippen LogP contribution in [0.3, 0.4) is 0 Å². The van der Waals surface area contributed by atoms with Crippen molar-refractivity contribution >= 4 is 28.5 Å². The number of hydrogen-bond acceptors (Lipinski definition) is 3. The minimum atomic E-state index is -0.519. The van der Waals surface area contributed by atoms with E-state index in [1.54, 1.807) is 23.2 Å². The monoisotopic (exact) mass is 375 g/mol. The quantitative estimate of drug-likeness (QED) is 0.565. The molecular formula is C22H21N3O3. The Bertz CT molecular complexity index is 1050. The van der Waals surface area contributed by atoms with E-state index < -0.39 is 11.7 Å². The van der Waals surface area contributed by atoms with Crippen LogP contribution in [0.2, 0.25) is 0 Å². The van der Waals surface area contributed by atoms with Crippen LogP contribution in [0.15, 0.2) is 54.7 Å². The topological polar surface area (TPSA) is 73.5 Å². The summed E-state index contributed by atoms with van der Waals surface area (Å²) in [6.07, 6.45) is 1.60. The molecule has 1 N–H and O–H groups in total. The van der Waals surface area contributed by atoms with Gasteiger partial charge in [0.2, 0.25) is 0 Å². The molecule has 1 aromatic heterocycles. The van der Waals surface area contributed by atoms with Gasteiger partial charge in [0.05, 0.1) is 5.56 Å². The fourth-order valence-electron chi connectivity index (χ4n) is 3.56. The van der Waals surface area contributed by atoms with Crippen LogP contribution in [0.1, 0.15) is 26.3 Å². The maximum Gasteiger partial charge on any atom is 0.295 e. The van der Waals surface area contributed by atoms with Gasteiger partial charge in [-0.25, -0.2) is 0 Å². The van der Waals surface area contributed by atoms with Gasteiger partial charge in [0, 0.05) is 48.8 Å². The number of aromatic amines is 1. The van der Waals surface area contributed by atoms with E-state index in [1.807, 2.05) is 43.3 Å². The average Bonchev–Trinajstić information content (AvgIpc) is 3.16. The maximum absolute atomic E-state index is 12.8. The van der Waals surface area contributed by atoms with E-state index in [2.05, 4.69) is 4.98 Å². The molecule has 1 fully saturated rings. The summed E-state index contributed by atoms with van der Waals surface area (Å²) in [4.78, 5) is 44.3. The van der Waals surface area contributed by atoms with Crippen LogP contribution >= 0.6 is 0 Å². The SMILES string of the molecule is Cc1ccc2[nH]cc(C(=O)C(=O)N3CCN(C(=O)c4ccccc4)CC3)c2c1. The summed E-state index contributed by atoms with van der Waals surface area (Å²) in [6, 6.07) is 14.8. The number of Topliss-reactive ketones (excluding diaryl/α,β-unsaturated/α-hetero) is 1. The van der Waals surface area contributed by atoms with Crippen molar-refractivity contribution in [1.29, 1.82) is 0 Å². The van der Waals surface area contributed by atoms with Gasteiger partial charge < -0.3 is 14.8 Å². The van der Waals surface area contributed by atoms with Crippen LogP contribution in [-0.4, -0.2) is 58.6 Å². The van der Waals surface area contributed by atoms with E-state index in [-0.39, 0.29) is 5.91 Å². The first-order valence-electron chi connectivity index (χ1n) is 9.30. The number of carbonyl (C=O) groups is 3. The number of ketones is 1. The second-order valence-corrected chi connectivity index (χ2v) is 7.03. The third kappa shape index (κ3) is 3.29. The number of piperazine rings is 1. The van der Waals surface area contributed by atoms with Crippen LogP contribution < -0.4 is 0 Å². The molecule has 0 aliphatic carbocycles. The Kier molecular flexibility index (Phi) is 4.69. The number of carbonyl (C=O) groups excluding carboxylic acids is 3. The first-order chi connectivity index (χ1) is 13.5. The highest BCUT2D eigenvalue weighted by Crippen LogP contribution is 2.21. The Morgan fingerprint density at radius 1 is 0.893 bits per heavy atom. The van der Waals surface area contributed by atoms with Crippen molar-refractivity contribution in [2.75, 3.05) is 26.2 Å². The highest BCUT2D eigenvalue weighted by Gasteiger charge is 2.30. The number of nitrogens with one attached hydrogen (secondary N) is 1. The summed E-state index contributed by atoms with van der Waals surface area (Å²) in [7, 11) is 0. The Hall–Kier alpha value is -3.41. The van der Waals surface area contributed by atoms with Gasteiger partial charge in [-0.2, -0.15) is 0 Å². The minimum Gasteiger partial charge on any atom is -0.360 e. The van der Waals surface area contributed by atoms with Crippen molar-refractivity contribution in [1.82, 2.24) is 14.8 Å². The zero-order chi connectivity index (χ0) is 19.7. The molecule has 0 saturated carbocycles. The largest absolute Gasteiger partial charge is 0.360 e. The molecule has 1 aliphatic heterocycles. The van der Waals surface area contributed by atoms with Crippen LogP contribution in [0.25, 0.3) is 10.9 Å². The summed E-state index contributed by atoms with van der Waals surface area (Å²) in [6.45, 7) is 3.49. The molecule has 6 nitrogen and oxygen atoms in total. The lowest BCUT2D eigenvalue weighted by Gasteiger charge is -2.34. The molecule has 3 aromatic rings. The Labute approximate surface area is 162 Å². The maximum atomic E-state index is 12.8. The second kappa shape index (κ2) is 7.31. The Balaban J connectivity index is 1.44. The lowest BCUT2D eigenvalue weighted by molar-refractivity contribution is -0.127. The molecule has 0 radical (unpaired) electrons. The average molecular weight is 375 g/mol. The van der Waals surface area contributed by atoms with Crippen LogP contribution in [-0.2, 0) is 4.79 Å². The summed E-state index contributed by atoms with van der Waals surface area (Å²) >= 11 is 0. The predicted molar refractivity (Wildman–Crippen MR) is 106 cm³/mol. The smallest absolute Gasteiger partial charge is 0.295 e. The molecule has 6 heteroatoms. The normalized spacial score (nSPS) is 14.3. The second-order valence-electron chi connectivity index (χ2n) is 7.03. The van der Waals surface area contributed by atoms with Gasteiger partial charge in [0.25, 0.3) is 17.6 Å². The van der Waals surface area contributed by atoms with Crippen LogP contribution in [0.5, 0.6) is 0 Å². The number of H-pyrrole nitrogens is 1. The molecule has 0 unspecified atom stereocenters. The molecule has 2 amide bonds. The van der Waals surface area contributed by atoms with Crippen molar-refractivity contribution in [3.05, 3.63) is 71.4 Å². The first-order valence-corrected chi connectivity index (χ1v) is 9.30. The molecule has 2 aromatic carbocycles. The number of amides is 2. The molecule has 142 valence electrons. The van der Waals surface area contributed by atoms with E-state index in [0.717, 1.165) is 16.5 Å². The van der Waals surface area contributed by atoms with Crippen molar-refractivity contribution in [2.24, 2.45) is 0 Å². The molecule has 4 rings (SSSR count). The van der Waals surface area contributed by atoms with Gasteiger partial charge in [0.1, 0.15) is 0 Å². The van der Waals surface area contributed by atoms with Crippen molar-refractivity contribution < 1.29 is 14.4 Å². The van der Waals surface area contributed by atoms with Gasteiger partial charge >= 0.3 is 0 Å². The van der Waals surface area contributed by atoms with Gasteiger partial charge in [-0.05, 0) is 31.2 Å². The fraction of sp³-hybridized carbons (Fsp3) is 0.227. The molecule has 0 spiro atoms. The third-order valence-electron chi connectivity index (χ3n) is 5.15. The Morgan fingerprint density at radius 3 is 2.29 bits per heavy atom. The number of aryl methyl sites for hydroxylation is 1. The summed E-state index contributed by atoms with van der Waals surface area (Å²) in [5, 5.41) is 0.760. The molecular weight excluding hydrogens is 354 g/mol. The van der Waals surface area contributed by atoms with Crippen molar-refractivity contribution in [3.63, 3.8) is 0 Å². The van der Waals surface area contributed by atoms with Crippen LogP contribution in [0, 0.1) is 6.92 Å². The van der Waals surface area contributed by atoms with E-state index in [1.165, 1.54) is 4.90 Å². The van der Waals surface area contributed by atoms with Gasteiger partial charge in [-0.15, -0.1) is 0 Å². The van der Waals surface area contributed by atoms with E-state index >= 15 is 0 Å². The van der Waals surface area contributed by atoms with Gasteiger partial charge in [0.15, 0.2) is 0 Å². The van der Waals surface area contributed by atoms with Crippen molar-refractivity contribution in [2.45, 2.75) is 6.92 Å². The number of aromatic nitrogens is 1. The molecule has 0 atom stereocenters. The zero-order valence-electron chi connectivity index (χ0n) is 15.6. The fourth-order valence-corrected chi connectivity index (χ4v) is 3.56. The lowest BCUT2D eigenvalue weighted by atomic mass is 10.1. The minimum absolute atomic E-state index is 0.0499. The van der Waals surface area contributed by atoms with Gasteiger partial charge in [-0.3, -0.25) is 14.4 Å². The number of nitrogens with zero attached hydrogens (tertiary/aromatic N) is 2. The number of fused-ring (bicyclic) bond motifs is 1. The van der Waals surface area contributed by atoms with Crippen molar-refractivity contribution in [3.8, 4) is 0 Å². The molecule has 1 aliphatic rings. The first kappa shape index (κ1) is 18.0. The molecule has 1 saturated heterocycles. The number of rotatable bonds is 3. The predicted octanol–water partition coefficient (Wildman–Crippen LogP) is 2.64. The highest BCUT2D eigenvalue weighted by molar-refractivity contribution is 6.44. The highest BCUT2D eigenvalue weighted by atomic mass is 16.2. The van der Waals surface area contributed by atoms with E-state index in [0.29, 0.717) is 37.3 Å². The standard InChI is InChI=1S/C22H21N3O3/c1-15-7-8-19-17(13-15)18(14-23-19)20(26)22(28)25-11-9-24(10-12-25)21(27)16-5-3-2-4-6-16/h2-8,13-14,23H,9-12H2,1H3. The molecule has 2 heterocycles. The van der Waals surface area contributed by atoms with Crippen LogP contribution in [0.4, 0.5) is 0 Å². The molecule has 0 bridgehead atoms. The number of benzene rings is 2. The number of hydrogen-bond donors (Lipinski definition) is 1. The summed E-state index contributed by atoms with van der Waals surface area (Å²) in [5.74, 6) is -1.08. The molecule has 28 heavy (non-hydrogen) atoms. The lowest BCUT2D eigenvalue weighted by Crippen LogP contribution is -2.52. The third-order valence-corrected chi connectivity index (χ3v) is 5.15. The van der Waals surface area contributed by atoms with E-state index in [4.69, 9.17) is 0 Å². The summed E-state index contributed by atoms with van der Waals surface area (Å²) < 4.78 is 0. The zero-order valence-corrected chi connectivity index (χ0v) is 15.6. The van der Waals surface area contributed by atoms with E-state index in [9.17, 15) is 14.4 Å².